The van der Waals surface area contributed by atoms with Crippen molar-refractivity contribution in [2.45, 2.75) is 26.0 Å². The molecule has 1 aromatic carbocycles. The van der Waals surface area contributed by atoms with Crippen molar-refractivity contribution in [3.8, 4) is 11.5 Å². The Balaban J connectivity index is 1.85. The monoisotopic (exact) mass is 328 g/mol. The first-order valence-corrected chi connectivity index (χ1v) is 8.71. The highest BCUT2D eigenvalue weighted by atomic mass is 32.2. The number of ether oxygens (including phenoxy) is 3. The zero-order valence-electron chi connectivity index (χ0n) is 12.6. The van der Waals surface area contributed by atoms with Crippen LogP contribution in [0.25, 0.3) is 0 Å². The van der Waals surface area contributed by atoms with Gasteiger partial charge in [-0.3, -0.25) is 4.72 Å². The summed E-state index contributed by atoms with van der Waals surface area (Å²) in [6.07, 6.45) is -0.128. The lowest BCUT2D eigenvalue weighted by Gasteiger charge is -2.35. The third-order valence-electron chi connectivity index (χ3n) is 3.66. The molecule has 3 rings (SSSR count). The summed E-state index contributed by atoms with van der Waals surface area (Å²) in [4.78, 5) is 0. The predicted octanol–water partition coefficient (Wildman–Crippen LogP) is 1.22. The predicted molar refractivity (Wildman–Crippen MR) is 81.6 cm³/mol. The second kappa shape index (κ2) is 5.94. The molecule has 7 nitrogen and oxygen atoms in total. The van der Waals surface area contributed by atoms with Gasteiger partial charge in [0, 0.05) is 12.6 Å². The standard InChI is InChI=1S/C14H20N2O5S/c1-10-9-21-11(2)8-16(10)22(17,18)15-12-4-3-5-13-14(12)20-7-6-19-13/h3-5,10-11,15H,6-9H2,1-2H3/t10-,11-/m1/s1. The molecule has 0 amide bonds. The minimum Gasteiger partial charge on any atom is -0.486 e. The molecule has 1 fully saturated rings. The molecule has 0 unspecified atom stereocenters. The zero-order valence-corrected chi connectivity index (χ0v) is 13.4. The quantitative estimate of drug-likeness (QED) is 0.903. The third-order valence-corrected chi connectivity index (χ3v) is 5.27. The van der Waals surface area contributed by atoms with Gasteiger partial charge in [0.15, 0.2) is 11.5 Å². The van der Waals surface area contributed by atoms with Gasteiger partial charge in [-0.1, -0.05) is 6.07 Å². The molecule has 122 valence electrons. The van der Waals surface area contributed by atoms with Gasteiger partial charge in [-0.15, -0.1) is 0 Å². The molecule has 0 bridgehead atoms. The lowest BCUT2D eigenvalue weighted by atomic mass is 10.2. The highest BCUT2D eigenvalue weighted by Crippen LogP contribution is 2.38. The average molecular weight is 328 g/mol. The van der Waals surface area contributed by atoms with Crippen LogP contribution in [-0.4, -0.2) is 51.2 Å². The van der Waals surface area contributed by atoms with E-state index in [2.05, 4.69) is 4.72 Å². The minimum atomic E-state index is -3.68. The van der Waals surface area contributed by atoms with Crippen LogP contribution in [0.5, 0.6) is 11.5 Å². The molecule has 0 saturated carbocycles. The second-order valence-corrected chi connectivity index (χ2v) is 7.12. The van der Waals surface area contributed by atoms with Gasteiger partial charge in [0.05, 0.1) is 18.4 Å². The molecule has 1 N–H and O–H groups in total. The number of benzene rings is 1. The van der Waals surface area contributed by atoms with Crippen LogP contribution in [0.4, 0.5) is 5.69 Å². The van der Waals surface area contributed by atoms with Crippen LogP contribution in [0.3, 0.4) is 0 Å². The molecule has 1 aromatic rings. The van der Waals surface area contributed by atoms with Crippen LogP contribution < -0.4 is 14.2 Å². The molecule has 2 atom stereocenters. The van der Waals surface area contributed by atoms with E-state index in [1.165, 1.54) is 4.31 Å². The van der Waals surface area contributed by atoms with Crippen LogP contribution in [-0.2, 0) is 14.9 Å². The minimum absolute atomic E-state index is 0.128. The van der Waals surface area contributed by atoms with E-state index < -0.39 is 10.2 Å². The van der Waals surface area contributed by atoms with E-state index in [4.69, 9.17) is 14.2 Å². The van der Waals surface area contributed by atoms with Gasteiger partial charge in [0.1, 0.15) is 13.2 Å². The molecule has 2 aliphatic heterocycles. The maximum absolute atomic E-state index is 12.7. The summed E-state index contributed by atoms with van der Waals surface area (Å²) in [6, 6.07) is 4.94. The lowest BCUT2D eigenvalue weighted by molar-refractivity contribution is -0.0168. The van der Waals surface area contributed by atoms with E-state index in [1.807, 2.05) is 13.8 Å². The van der Waals surface area contributed by atoms with Crippen molar-refractivity contribution in [2.24, 2.45) is 0 Å². The molecule has 2 heterocycles. The number of nitrogens with one attached hydrogen (secondary N) is 1. The smallest absolute Gasteiger partial charge is 0.302 e. The summed E-state index contributed by atoms with van der Waals surface area (Å²) in [5.41, 5.74) is 0.392. The Morgan fingerprint density at radius 1 is 1.23 bits per heavy atom. The maximum atomic E-state index is 12.7. The van der Waals surface area contributed by atoms with E-state index >= 15 is 0 Å². The number of anilines is 1. The fraction of sp³-hybridized carbons (Fsp3) is 0.571. The van der Waals surface area contributed by atoms with Crippen molar-refractivity contribution >= 4 is 15.9 Å². The zero-order chi connectivity index (χ0) is 15.7. The van der Waals surface area contributed by atoms with E-state index in [9.17, 15) is 8.42 Å². The Morgan fingerprint density at radius 3 is 2.82 bits per heavy atom. The fourth-order valence-corrected chi connectivity index (χ4v) is 4.06. The SMILES string of the molecule is C[C@@H]1CN(S(=O)(=O)Nc2cccc3c2OCCO3)[C@H](C)CO1. The first-order valence-electron chi connectivity index (χ1n) is 7.27. The number of rotatable bonds is 3. The number of morpholine rings is 1. The molecule has 0 radical (unpaired) electrons. The number of nitrogens with zero attached hydrogens (tertiary/aromatic N) is 1. The van der Waals surface area contributed by atoms with Crippen molar-refractivity contribution in [2.75, 3.05) is 31.1 Å². The molecule has 0 spiro atoms. The maximum Gasteiger partial charge on any atom is 0.302 e. The second-order valence-electron chi connectivity index (χ2n) is 5.50. The topological polar surface area (TPSA) is 77.1 Å². The van der Waals surface area contributed by atoms with Gasteiger partial charge in [-0.05, 0) is 26.0 Å². The van der Waals surface area contributed by atoms with Crippen molar-refractivity contribution in [3.05, 3.63) is 18.2 Å². The van der Waals surface area contributed by atoms with E-state index in [0.29, 0.717) is 43.6 Å². The molecular weight excluding hydrogens is 308 g/mol. The van der Waals surface area contributed by atoms with Gasteiger partial charge >= 0.3 is 10.2 Å². The number of para-hydroxylation sites is 1. The summed E-state index contributed by atoms with van der Waals surface area (Å²) in [6.45, 7) is 5.25. The summed E-state index contributed by atoms with van der Waals surface area (Å²) >= 11 is 0. The van der Waals surface area contributed by atoms with Gasteiger partial charge in [-0.25, -0.2) is 0 Å². The van der Waals surface area contributed by atoms with Gasteiger partial charge in [-0.2, -0.15) is 12.7 Å². The number of hydrogen-bond donors (Lipinski definition) is 1. The molecule has 0 aliphatic carbocycles. The van der Waals surface area contributed by atoms with Crippen LogP contribution in [0.1, 0.15) is 13.8 Å². The van der Waals surface area contributed by atoms with Gasteiger partial charge in [0.25, 0.3) is 0 Å². The molecule has 8 heteroatoms. The Morgan fingerprint density at radius 2 is 2.00 bits per heavy atom. The van der Waals surface area contributed by atoms with Crippen LogP contribution in [0.2, 0.25) is 0 Å². The summed E-state index contributed by atoms with van der Waals surface area (Å²) in [5, 5.41) is 0. The fourth-order valence-electron chi connectivity index (χ4n) is 2.56. The highest BCUT2D eigenvalue weighted by Gasteiger charge is 2.34. The highest BCUT2D eigenvalue weighted by molar-refractivity contribution is 7.90. The van der Waals surface area contributed by atoms with E-state index in [0.717, 1.165) is 0 Å². The molecule has 2 aliphatic rings. The average Bonchev–Trinajstić information content (AvgIpc) is 2.50. The van der Waals surface area contributed by atoms with Crippen molar-refractivity contribution < 1.29 is 22.6 Å². The third kappa shape index (κ3) is 2.99. The van der Waals surface area contributed by atoms with Crippen molar-refractivity contribution in [1.82, 2.24) is 4.31 Å². The molecular formula is C14H20N2O5S. The molecule has 1 saturated heterocycles. The number of fused-ring (bicyclic) bond motifs is 1. The lowest BCUT2D eigenvalue weighted by Crippen LogP contribution is -2.51. The summed E-state index contributed by atoms with van der Waals surface area (Å²) in [7, 11) is -3.68. The normalized spacial score (nSPS) is 25.7. The largest absolute Gasteiger partial charge is 0.486 e. The first kappa shape index (κ1) is 15.4. The van der Waals surface area contributed by atoms with Gasteiger partial charge in [0.2, 0.25) is 0 Å². The first-order chi connectivity index (χ1) is 10.5. The Hall–Kier alpha value is -1.51. The van der Waals surface area contributed by atoms with E-state index in [1.54, 1.807) is 18.2 Å². The van der Waals surface area contributed by atoms with E-state index in [-0.39, 0.29) is 12.1 Å². The van der Waals surface area contributed by atoms with Crippen LogP contribution in [0.15, 0.2) is 18.2 Å². The van der Waals surface area contributed by atoms with Crippen molar-refractivity contribution in [1.29, 1.82) is 0 Å². The molecule has 22 heavy (non-hydrogen) atoms. The molecule has 0 aromatic heterocycles. The van der Waals surface area contributed by atoms with Crippen LogP contribution >= 0.6 is 0 Å². The Labute approximate surface area is 130 Å². The van der Waals surface area contributed by atoms with Gasteiger partial charge < -0.3 is 14.2 Å². The summed E-state index contributed by atoms with van der Waals surface area (Å²) < 4.78 is 45.8. The van der Waals surface area contributed by atoms with Crippen molar-refractivity contribution in [3.63, 3.8) is 0 Å². The van der Waals surface area contributed by atoms with Crippen LogP contribution in [0, 0.1) is 0 Å². The number of hydrogen-bond acceptors (Lipinski definition) is 5. The Kier molecular flexibility index (Phi) is 4.16. The summed E-state index contributed by atoms with van der Waals surface area (Å²) in [5.74, 6) is 0.987. The Bertz CT molecular complexity index is 649.